The number of benzene rings is 1. The van der Waals surface area contributed by atoms with E-state index in [9.17, 15) is 4.39 Å². The molecule has 2 rings (SSSR count). The van der Waals surface area contributed by atoms with E-state index in [0.29, 0.717) is 11.4 Å². The number of aryl methyl sites for hydroxylation is 1. The van der Waals surface area contributed by atoms with Gasteiger partial charge < -0.3 is 10.5 Å². The van der Waals surface area contributed by atoms with Gasteiger partial charge in [-0.1, -0.05) is 6.07 Å². The highest BCUT2D eigenvalue weighted by atomic mass is 19.1. The molecule has 0 radical (unpaired) electrons. The first-order chi connectivity index (χ1) is 8.63. The van der Waals surface area contributed by atoms with Gasteiger partial charge in [-0.3, -0.25) is 4.98 Å². The molecule has 1 aromatic carbocycles. The molecule has 0 aliphatic carbocycles. The van der Waals surface area contributed by atoms with Crippen LogP contribution in [0.5, 0.6) is 5.75 Å². The predicted molar refractivity (Wildman–Crippen MR) is 68.0 cm³/mol. The third kappa shape index (κ3) is 2.33. The van der Waals surface area contributed by atoms with Crippen LogP contribution in [-0.4, -0.2) is 12.1 Å². The fourth-order valence-electron chi connectivity index (χ4n) is 1.94. The SMILES string of the molecule is COc1cccnc1C(N)c1ccc(F)cc1C. The normalized spacial score (nSPS) is 12.2. The third-order valence-electron chi connectivity index (χ3n) is 2.88. The fraction of sp³-hybridized carbons (Fsp3) is 0.214. The summed E-state index contributed by atoms with van der Waals surface area (Å²) in [5.41, 5.74) is 8.47. The lowest BCUT2D eigenvalue weighted by Gasteiger charge is -2.16. The number of methoxy groups -OCH3 is 1. The first-order valence-corrected chi connectivity index (χ1v) is 5.64. The van der Waals surface area contributed by atoms with Crippen molar-refractivity contribution >= 4 is 0 Å². The van der Waals surface area contributed by atoms with Gasteiger partial charge in [0.05, 0.1) is 13.2 Å². The zero-order chi connectivity index (χ0) is 13.1. The summed E-state index contributed by atoms with van der Waals surface area (Å²) in [5, 5.41) is 0. The van der Waals surface area contributed by atoms with E-state index in [1.807, 2.05) is 6.92 Å². The van der Waals surface area contributed by atoms with Crippen LogP contribution in [0.4, 0.5) is 4.39 Å². The molecule has 3 nitrogen and oxygen atoms in total. The summed E-state index contributed by atoms with van der Waals surface area (Å²) >= 11 is 0. The maximum Gasteiger partial charge on any atom is 0.142 e. The fourth-order valence-corrected chi connectivity index (χ4v) is 1.94. The van der Waals surface area contributed by atoms with Gasteiger partial charge in [0.15, 0.2) is 0 Å². The maximum atomic E-state index is 13.1. The zero-order valence-corrected chi connectivity index (χ0v) is 10.4. The monoisotopic (exact) mass is 246 g/mol. The second-order valence-electron chi connectivity index (χ2n) is 4.07. The molecule has 0 saturated heterocycles. The minimum atomic E-state index is -0.429. The van der Waals surface area contributed by atoms with Gasteiger partial charge in [0.2, 0.25) is 0 Å². The molecule has 0 aliphatic heterocycles. The van der Waals surface area contributed by atoms with Crippen LogP contribution >= 0.6 is 0 Å². The molecular formula is C14H15FN2O. The molecule has 1 unspecified atom stereocenters. The van der Waals surface area contributed by atoms with E-state index in [4.69, 9.17) is 10.5 Å². The highest BCUT2D eigenvalue weighted by molar-refractivity contribution is 5.39. The van der Waals surface area contributed by atoms with Gasteiger partial charge in [-0.15, -0.1) is 0 Å². The van der Waals surface area contributed by atoms with E-state index in [0.717, 1.165) is 11.1 Å². The Kier molecular flexibility index (Phi) is 3.58. The molecule has 1 atom stereocenters. The van der Waals surface area contributed by atoms with Crippen LogP contribution in [-0.2, 0) is 0 Å². The Balaban J connectivity index is 2.44. The highest BCUT2D eigenvalue weighted by Crippen LogP contribution is 2.27. The second-order valence-corrected chi connectivity index (χ2v) is 4.07. The van der Waals surface area contributed by atoms with Gasteiger partial charge in [0.1, 0.15) is 17.3 Å². The molecule has 0 bridgehead atoms. The van der Waals surface area contributed by atoms with Crippen LogP contribution in [0.15, 0.2) is 36.5 Å². The average Bonchev–Trinajstić information content (AvgIpc) is 2.38. The quantitative estimate of drug-likeness (QED) is 0.905. The Morgan fingerprint density at radius 3 is 2.78 bits per heavy atom. The summed E-state index contributed by atoms with van der Waals surface area (Å²) in [7, 11) is 1.57. The van der Waals surface area contributed by atoms with Gasteiger partial charge in [0, 0.05) is 6.20 Å². The van der Waals surface area contributed by atoms with E-state index in [-0.39, 0.29) is 5.82 Å². The Labute approximate surface area is 105 Å². The Morgan fingerprint density at radius 2 is 2.11 bits per heavy atom. The van der Waals surface area contributed by atoms with Gasteiger partial charge in [-0.05, 0) is 42.3 Å². The standard InChI is InChI=1S/C14H15FN2O/c1-9-8-10(15)5-6-11(9)13(16)14-12(18-2)4-3-7-17-14/h3-8,13H,16H2,1-2H3. The summed E-state index contributed by atoms with van der Waals surface area (Å²) in [4.78, 5) is 4.25. The highest BCUT2D eigenvalue weighted by Gasteiger charge is 2.17. The number of nitrogens with two attached hydrogens (primary N) is 1. The number of ether oxygens (including phenoxy) is 1. The van der Waals surface area contributed by atoms with Crippen LogP contribution in [0.3, 0.4) is 0 Å². The third-order valence-corrected chi connectivity index (χ3v) is 2.88. The van der Waals surface area contributed by atoms with Gasteiger partial charge in [-0.2, -0.15) is 0 Å². The minimum Gasteiger partial charge on any atom is -0.495 e. The number of rotatable bonds is 3. The Bertz CT molecular complexity index is 557. The number of nitrogens with zero attached hydrogens (tertiary/aromatic N) is 1. The van der Waals surface area contributed by atoms with Crippen LogP contribution in [0.1, 0.15) is 22.9 Å². The molecule has 0 saturated carbocycles. The molecule has 2 N–H and O–H groups in total. The van der Waals surface area contributed by atoms with E-state index < -0.39 is 6.04 Å². The molecule has 0 amide bonds. The molecule has 94 valence electrons. The van der Waals surface area contributed by atoms with E-state index in [1.54, 1.807) is 31.5 Å². The zero-order valence-electron chi connectivity index (χ0n) is 10.4. The van der Waals surface area contributed by atoms with Gasteiger partial charge in [-0.25, -0.2) is 4.39 Å². The first-order valence-electron chi connectivity index (χ1n) is 5.64. The van der Waals surface area contributed by atoms with Crippen molar-refractivity contribution in [2.75, 3.05) is 7.11 Å². The number of aromatic nitrogens is 1. The van der Waals surface area contributed by atoms with Crippen LogP contribution in [0.25, 0.3) is 0 Å². The number of halogens is 1. The van der Waals surface area contributed by atoms with Gasteiger partial charge in [0.25, 0.3) is 0 Å². The summed E-state index contributed by atoms with van der Waals surface area (Å²) in [6.45, 7) is 1.83. The Hall–Kier alpha value is -1.94. The lowest BCUT2D eigenvalue weighted by molar-refractivity contribution is 0.404. The van der Waals surface area contributed by atoms with Crippen molar-refractivity contribution in [2.45, 2.75) is 13.0 Å². The van der Waals surface area contributed by atoms with Crippen LogP contribution in [0, 0.1) is 12.7 Å². The van der Waals surface area contributed by atoms with Crippen molar-refractivity contribution in [2.24, 2.45) is 5.73 Å². The van der Waals surface area contributed by atoms with E-state index >= 15 is 0 Å². The van der Waals surface area contributed by atoms with Crippen molar-refractivity contribution in [1.29, 1.82) is 0 Å². The summed E-state index contributed by atoms with van der Waals surface area (Å²) in [6.07, 6.45) is 1.66. The Morgan fingerprint density at radius 1 is 1.33 bits per heavy atom. The molecular weight excluding hydrogens is 231 g/mol. The van der Waals surface area contributed by atoms with Crippen molar-refractivity contribution in [3.63, 3.8) is 0 Å². The van der Waals surface area contributed by atoms with Crippen molar-refractivity contribution in [1.82, 2.24) is 4.98 Å². The second kappa shape index (κ2) is 5.14. The van der Waals surface area contributed by atoms with Crippen molar-refractivity contribution < 1.29 is 9.13 Å². The minimum absolute atomic E-state index is 0.267. The molecule has 0 spiro atoms. The van der Waals surface area contributed by atoms with E-state index in [2.05, 4.69) is 4.98 Å². The molecule has 0 aliphatic rings. The predicted octanol–water partition coefficient (Wildman–Crippen LogP) is 2.59. The topological polar surface area (TPSA) is 48.1 Å². The molecule has 1 aromatic heterocycles. The lowest BCUT2D eigenvalue weighted by atomic mass is 9.98. The van der Waals surface area contributed by atoms with Crippen molar-refractivity contribution in [3.8, 4) is 5.75 Å². The number of hydrogen-bond donors (Lipinski definition) is 1. The molecule has 1 heterocycles. The number of pyridine rings is 1. The smallest absolute Gasteiger partial charge is 0.142 e. The molecule has 2 aromatic rings. The van der Waals surface area contributed by atoms with Gasteiger partial charge >= 0.3 is 0 Å². The van der Waals surface area contributed by atoms with E-state index in [1.165, 1.54) is 12.1 Å². The molecule has 0 fully saturated rings. The van der Waals surface area contributed by atoms with Crippen LogP contribution < -0.4 is 10.5 Å². The summed E-state index contributed by atoms with van der Waals surface area (Å²) < 4.78 is 18.3. The lowest BCUT2D eigenvalue weighted by Crippen LogP contribution is -2.16. The molecule has 18 heavy (non-hydrogen) atoms. The summed E-state index contributed by atoms with van der Waals surface area (Å²) in [6, 6.07) is 7.71. The van der Waals surface area contributed by atoms with Crippen LogP contribution in [0.2, 0.25) is 0 Å². The molecule has 4 heteroatoms. The maximum absolute atomic E-state index is 13.1. The first kappa shape index (κ1) is 12.5. The number of hydrogen-bond acceptors (Lipinski definition) is 3. The van der Waals surface area contributed by atoms with Crippen molar-refractivity contribution in [3.05, 3.63) is 59.2 Å². The largest absolute Gasteiger partial charge is 0.495 e. The average molecular weight is 246 g/mol. The summed E-state index contributed by atoms with van der Waals surface area (Å²) in [5.74, 6) is 0.366.